The molecule has 0 saturated carbocycles. The Balaban J connectivity index is 0.00000192. The Labute approximate surface area is 142 Å². The van der Waals surface area contributed by atoms with Gasteiger partial charge < -0.3 is 10.6 Å². The van der Waals surface area contributed by atoms with Gasteiger partial charge in [-0.15, -0.1) is 12.4 Å². The highest BCUT2D eigenvalue weighted by Crippen LogP contribution is 2.28. The lowest BCUT2D eigenvalue weighted by Crippen LogP contribution is -2.43. The number of carbonyl (C=O) groups is 1. The first-order valence-electron chi connectivity index (χ1n) is 7.72. The molecule has 0 saturated heterocycles. The first kappa shape index (κ1) is 17.5. The maximum absolute atomic E-state index is 12.1. The lowest BCUT2D eigenvalue weighted by Gasteiger charge is -2.22. The van der Waals surface area contributed by atoms with Crippen molar-refractivity contribution >= 4 is 18.3 Å². The summed E-state index contributed by atoms with van der Waals surface area (Å²) in [6.45, 7) is 3.14. The molecule has 23 heavy (non-hydrogen) atoms. The second kappa shape index (κ2) is 7.15. The minimum absolute atomic E-state index is 0. The van der Waals surface area contributed by atoms with Crippen molar-refractivity contribution in [3.8, 4) is 11.3 Å². The topological polar surface area (TPSA) is 64.2 Å². The molecule has 124 valence electrons. The first-order chi connectivity index (χ1) is 10.6. The van der Waals surface area contributed by atoms with E-state index in [2.05, 4.69) is 17.2 Å². The van der Waals surface area contributed by atoms with E-state index in [4.69, 9.17) is 5.73 Å². The van der Waals surface area contributed by atoms with Crippen molar-refractivity contribution in [2.24, 2.45) is 12.8 Å². The van der Waals surface area contributed by atoms with Gasteiger partial charge in [-0.3, -0.25) is 9.48 Å². The summed E-state index contributed by atoms with van der Waals surface area (Å²) >= 11 is 0. The molecule has 2 aromatic rings. The van der Waals surface area contributed by atoms with E-state index in [1.807, 2.05) is 34.8 Å². The number of hydrogen-bond acceptors (Lipinski definition) is 3. The molecule has 1 aliphatic heterocycles. The maximum Gasteiger partial charge on any atom is 0.239 e. The molecule has 1 amide bonds. The number of halogens is 1. The number of aryl methyl sites for hydroxylation is 1. The van der Waals surface area contributed by atoms with E-state index in [0.717, 1.165) is 24.2 Å². The average molecular weight is 335 g/mol. The Morgan fingerprint density at radius 3 is 2.52 bits per heavy atom. The molecule has 1 atom stereocenters. The molecule has 1 aromatic heterocycles. The molecule has 0 spiro atoms. The highest BCUT2D eigenvalue weighted by Gasteiger charge is 2.25. The summed E-state index contributed by atoms with van der Waals surface area (Å²) < 4.78 is 1.96. The summed E-state index contributed by atoms with van der Waals surface area (Å²) in [6.07, 6.45) is 1.61. The quantitative estimate of drug-likeness (QED) is 0.910. The van der Waals surface area contributed by atoms with Crippen LogP contribution in [0.15, 0.2) is 30.3 Å². The van der Waals surface area contributed by atoms with Crippen LogP contribution in [0.5, 0.6) is 0 Å². The summed E-state index contributed by atoms with van der Waals surface area (Å²) in [5.41, 5.74) is 10.4. The molecule has 5 nitrogen and oxygen atoms in total. The van der Waals surface area contributed by atoms with Gasteiger partial charge in [-0.1, -0.05) is 30.3 Å². The third-order valence-electron chi connectivity index (χ3n) is 4.23. The Morgan fingerprint density at radius 1 is 1.22 bits per heavy atom. The number of carbonyl (C=O) groups excluding carboxylic acids is 1. The smallest absolute Gasteiger partial charge is 0.239 e. The number of aromatic nitrogens is 2. The molecule has 2 N–H and O–H groups in total. The monoisotopic (exact) mass is 334 g/mol. The molecular weight excluding hydrogens is 312 g/mol. The van der Waals surface area contributed by atoms with Gasteiger partial charge in [0.15, 0.2) is 0 Å². The largest absolute Gasteiger partial charge is 0.341 e. The average Bonchev–Trinajstić information content (AvgIpc) is 2.69. The van der Waals surface area contributed by atoms with Crippen LogP contribution >= 0.6 is 12.4 Å². The predicted molar refractivity (Wildman–Crippen MR) is 93.5 cm³/mol. The molecule has 1 aliphatic rings. The Kier molecular flexibility index (Phi) is 5.44. The normalized spacial score (nSPS) is 15.3. The number of amides is 1. The Bertz CT molecular complexity index is 681. The zero-order chi connectivity index (χ0) is 15.7. The van der Waals surface area contributed by atoms with E-state index in [1.165, 1.54) is 11.1 Å². The lowest BCUT2D eigenvalue weighted by atomic mass is 10.0. The minimum atomic E-state index is -0.440. The van der Waals surface area contributed by atoms with Crippen molar-refractivity contribution < 1.29 is 4.79 Å². The van der Waals surface area contributed by atoms with E-state index >= 15 is 0 Å². The summed E-state index contributed by atoms with van der Waals surface area (Å²) in [5, 5.41) is 4.67. The first-order valence-corrected chi connectivity index (χ1v) is 7.72. The van der Waals surface area contributed by atoms with Crippen molar-refractivity contribution in [1.29, 1.82) is 0 Å². The van der Waals surface area contributed by atoms with Crippen molar-refractivity contribution in [3.63, 3.8) is 0 Å². The number of rotatable bonds is 2. The van der Waals surface area contributed by atoms with E-state index in [9.17, 15) is 4.79 Å². The number of nitrogens with zero attached hydrogens (tertiary/aromatic N) is 3. The van der Waals surface area contributed by atoms with Gasteiger partial charge in [0, 0.05) is 37.7 Å². The fourth-order valence-corrected chi connectivity index (χ4v) is 3.15. The zero-order valence-corrected chi connectivity index (χ0v) is 14.3. The molecule has 1 aromatic carbocycles. The molecular formula is C17H23ClN4O. The molecule has 0 radical (unpaired) electrons. The van der Waals surface area contributed by atoms with Crippen LogP contribution in [-0.4, -0.2) is 39.7 Å². The van der Waals surface area contributed by atoms with Crippen LogP contribution in [0.2, 0.25) is 0 Å². The van der Waals surface area contributed by atoms with Gasteiger partial charge in [0.05, 0.1) is 17.4 Å². The Morgan fingerprint density at radius 2 is 1.87 bits per heavy atom. The second-order valence-corrected chi connectivity index (χ2v) is 5.88. The number of hydrogen-bond donors (Lipinski definition) is 1. The molecule has 6 heteroatoms. The van der Waals surface area contributed by atoms with E-state index in [1.54, 1.807) is 6.92 Å². The van der Waals surface area contributed by atoms with Crippen molar-refractivity contribution in [2.75, 3.05) is 13.1 Å². The van der Waals surface area contributed by atoms with Gasteiger partial charge in [0.25, 0.3) is 0 Å². The lowest BCUT2D eigenvalue weighted by molar-refractivity contribution is -0.132. The number of fused-ring (bicyclic) bond motifs is 1. The zero-order valence-electron chi connectivity index (χ0n) is 13.5. The summed E-state index contributed by atoms with van der Waals surface area (Å²) in [4.78, 5) is 14.0. The van der Waals surface area contributed by atoms with Crippen LogP contribution in [-0.2, 0) is 24.7 Å². The molecule has 2 heterocycles. The minimum Gasteiger partial charge on any atom is -0.341 e. The van der Waals surface area contributed by atoms with Crippen LogP contribution in [0.1, 0.15) is 18.2 Å². The SMILES string of the molecule is C[C@@H](N)C(=O)N1CCc2nn(C)c(-c3ccccc3)c2CC1.Cl. The van der Waals surface area contributed by atoms with Crippen LogP contribution in [0.3, 0.4) is 0 Å². The molecule has 0 unspecified atom stereocenters. The van der Waals surface area contributed by atoms with Crippen molar-refractivity contribution in [1.82, 2.24) is 14.7 Å². The van der Waals surface area contributed by atoms with Gasteiger partial charge in [0.2, 0.25) is 5.91 Å². The van der Waals surface area contributed by atoms with E-state index in [-0.39, 0.29) is 18.3 Å². The highest BCUT2D eigenvalue weighted by molar-refractivity contribution is 5.85. The summed E-state index contributed by atoms with van der Waals surface area (Å²) in [5.74, 6) is 0.0239. The van der Waals surface area contributed by atoms with Crippen molar-refractivity contribution in [2.45, 2.75) is 25.8 Å². The van der Waals surface area contributed by atoms with Crippen LogP contribution < -0.4 is 5.73 Å². The van der Waals surface area contributed by atoms with Gasteiger partial charge in [-0.05, 0) is 13.3 Å². The number of benzene rings is 1. The highest BCUT2D eigenvalue weighted by atomic mass is 35.5. The van der Waals surface area contributed by atoms with Crippen molar-refractivity contribution in [3.05, 3.63) is 41.6 Å². The second-order valence-electron chi connectivity index (χ2n) is 5.88. The van der Waals surface area contributed by atoms with Crippen LogP contribution in [0.25, 0.3) is 11.3 Å². The number of nitrogens with two attached hydrogens (primary N) is 1. The molecule has 0 bridgehead atoms. The molecule has 0 aliphatic carbocycles. The van der Waals surface area contributed by atoms with Crippen LogP contribution in [0.4, 0.5) is 0 Å². The Hall–Kier alpha value is -1.85. The third-order valence-corrected chi connectivity index (χ3v) is 4.23. The summed E-state index contributed by atoms with van der Waals surface area (Å²) in [6, 6.07) is 9.86. The van der Waals surface area contributed by atoms with Gasteiger partial charge in [-0.2, -0.15) is 5.10 Å². The fourth-order valence-electron chi connectivity index (χ4n) is 3.15. The standard InChI is InChI=1S/C17H22N4O.ClH/c1-12(18)17(22)21-10-8-14-15(9-11-21)19-20(2)16(14)13-6-4-3-5-7-13;/h3-7,12H,8-11,18H2,1-2H3;1H/t12-;/m1./s1. The third kappa shape index (κ3) is 3.41. The van der Waals surface area contributed by atoms with Gasteiger partial charge in [0.1, 0.15) is 0 Å². The molecule has 3 rings (SSSR count). The fraction of sp³-hybridized carbons (Fsp3) is 0.412. The van der Waals surface area contributed by atoms with E-state index in [0.29, 0.717) is 13.1 Å². The van der Waals surface area contributed by atoms with Gasteiger partial charge in [-0.25, -0.2) is 0 Å². The predicted octanol–water partition coefficient (Wildman–Crippen LogP) is 1.78. The van der Waals surface area contributed by atoms with E-state index < -0.39 is 6.04 Å². The van der Waals surface area contributed by atoms with Gasteiger partial charge >= 0.3 is 0 Å². The molecule has 0 fully saturated rings. The van der Waals surface area contributed by atoms with Crippen LogP contribution in [0, 0.1) is 0 Å². The maximum atomic E-state index is 12.1. The summed E-state index contributed by atoms with van der Waals surface area (Å²) in [7, 11) is 1.99.